The van der Waals surface area contributed by atoms with Crippen LogP contribution < -0.4 is 0 Å². The zero-order valence-electron chi connectivity index (χ0n) is 14.2. The van der Waals surface area contributed by atoms with Crippen molar-refractivity contribution in [1.29, 1.82) is 0 Å². The fourth-order valence-electron chi connectivity index (χ4n) is 2.53. The van der Waals surface area contributed by atoms with Gasteiger partial charge in [0, 0.05) is 24.2 Å². The lowest BCUT2D eigenvalue weighted by Crippen LogP contribution is -2.20. The lowest BCUT2D eigenvalue weighted by Gasteiger charge is -2.39. The average Bonchev–Trinajstić information content (AvgIpc) is 2.39. The van der Waals surface area contributed by atoms with Gasteiger partial charge >= 0.3 is 5.97 Å². The fraction of sp³-hybridized carbons (Fsp3) is 0.941. The molecule has 0 aromatic heterocycles. The zero-order chi connectivity index (χ0) is 15.3. The Morgan fingerprint density at radius 1 is 0.750 bits per heavy atom. The van der Waals surface area contributed by atoms with E-state index in [2.05, 4.69) is 20.8 Å². The summed E-state index contributed by atoms with van der Waals surface area (Å²) in [6.45, 7) is 8.28. The van der Waals surface area contributed by atoms with Crippen molar-refractivity contribution in [2.24, 2.45) is 0 Å². The summed E-state index contributed by atoms with van der Waals surface area (Å²) in [5, 5.41) is 0. The maximum Gasteiger partial charge on any atom is 0.313 e. The van der Waals surface area contributed by atoms with Crippen LogP contribution in [-0.2, 0) is 8.98 Å². The number of unbranched alkanes of at least 4 members (excludes halogenated alkanes) is 6. The molecule has 0 radical (unpaired) electrons. The minimum absolute atomic E-state index is 0.0653. The van der Waals surface area contributed by atoms with E-state index in [4.69, 9.17) is 4.18 Å². The first kappa shape index (κ1) is 19.8. The average molecular weight is 305 g/mol. The Morgan fingerprint density at radius 2 is 1.10 bits per heavy atom. The van der Waals surface area contributed by atoms with Crippen molar-refractivity contribution >= 4 is 16.3 Å². The lowest BCUT2D eigenvalue weighted by atomic mass is 10.3. The van der Waals surface area contributed by atoms with E-state index in [1.807, 2.05) is 0 Å². The SMILES string of the molecule is CCCCCS(CCCCC)(CCCCC)OC(C)=O. The van der Waals surface area contributed by atoms with Gasteiger partial charge in [0.2, 0.25) is 0 Å². The smallest absolute Gasteiger partial charge is 0.313 e. The maximum absolute atomic E-state index is 11.6. The maximum atomic E-state index is 11.6. The second-order valence-electron chi connectivity index (χ2n) is 5.77. The highest BCUT2D eigenvalue weighted by Crippen LogP contribution is 2.51. The Bertz CT molecular complexity index is 215. The van der Waals surface area contributed by atoms with Gasteiger partial charge < -0.3 is 4.18 Å². The summed E-state index contributed by atoms with van der Waals surface area (Å²) >= 11 is 0. The molecule has 2 nitrogen and oxygen atoms in total. The van der Waals surface area contributed by atoms with Crippen molar-refractivity contribution in [1.82, 2.24) is 0 Å². The molecule has 0 aliphatic carbocycles. The van der Waals surface area contributed by atoms with Gasteiger partial charge in [0.05, 0.1) is 0 Å². The van der Waals surface area contributed by atoms with Crippen LogP contribution in [0.15, 0.2) is 0 Å². The predicted molar refractivity (Wildman–Crippen MR) is 92.5 cm³/mol. The summed E-state index contributed by atoms with van der Waals surface area (Å²) in [4.78, 5) is 11.6. The van der Waals surface area contributed by atoms with Gasteiger partial charge in [0.25, 0.3) is 0 Å². The summed E-state index contributed by atoms with van der Waals surface area (Å²) in [5.41, 5.74) is 0. The molecule has 3 heteroatoms. The first-order valence-corrected chi connectivity index (χ1v) is 10.6. The van der Waals surface area contributed by atoms with E-state index in [1.54, 1.807) is 6.92 Å². The Kier molecular flexibility index (Phi) is 12.4. The van der Waals surface area contributed by atoms with Crippen LogP contribution in [0.5, 0.6) is 0 Å². The topological polar surface area (TPSA) is 26.3 Å². The number of hydrogen-bond acceptors (Lipinski definition) is 2. The molecule has 0 saturated heterocycles. The molecule has 0 N–H and O–H groups in total. The molecule has 0 bridgehead atoms. The molecule has 0 atom stereocenters. The van der Waals surface area contributed by atoms with E-state index in [0.717, 1.165) is 17.3 Å². The molecule has 0 rings (SSSR count). The standard InChI is InChI=1S/C17H36O2S/c1-5-8-11-14-20(19-17(4)18,15-12-9-6-2)16-13-10-7-3/h5-16H2,1-4H3. The molecule has 122 valence electrons. The summed E-state index contributed by atoms with van der Waals surface area (Å²) in [5.74, 6) is 3.33. The van der Waals surface area contributed by atoms with Crippen LogP contribution in [0.1, 0.15) is 85.5 Å². The van der Waals surface area contributed by atoms with Gasteiger partial charge in [-0.15, -0.1) is 0 Å². The van der Waals surface area contributed by atoms with Crippen molar-refractivity contribution < 1.29 is 8.98 Å². The number of rotatable bonds is 13. The third-order valence-electron chi connectivity index (χ3n) is 3.65. The van der Waals surface area contributed by atoms with E-state index in [0.29, 0.717) is 0 Å². The third-order valence-corrected chi connectivity index (χ3v) is 7.34. The Morgan fingerprint density at radius 3 is 1.35 bits per heavy atom. The summed E-state index contributed by atoms with van der Waals surface area (Å²) < 4.78 is 5.92. The van der Waals surface area contributed by atoms with Crippen LogP contribution in [0.3, 0.4) is 0 Å². The lowest BCUT2D eigenvalue weighted by molar-refractivity contribution is -0.131. The summed E-state index contributed by atoms with van der Waals surface area (Å²) in [6.07, 6.45) is 11.2. The van der Waals surface area contributed by atoms with Crippen LogP contribution in [-0.4, -0.2) is 23.2 Å². The van der Waals surface area contributed by atoms with E-state index < -0.39 is 10.3 Å². The molecule has 0 unspecified atom stereocenters. The largest absolute Gasteiger partial charge is 0.416 e. The van der Waals surface area contributed by atoms with Crippen molar-refractivity contribution in [3.63, 3.8) is 0 Å². The van der Waals surface area contributed by atoms with E-state index in [1.165, 1.54) is 57.8 Å². The zero-order valence-corrected chi connectivity index (χ0v) is 15.0. The molecule has 0 aliphatic heterocycles. The molecule has 0 saturated carbocycles. The van der Waals surface area contributed by atoms with Crippen LogP contribution >= 0.6 is 10.3 Å². The highest BCUT2D eigenvalue weighted by molar-refractivity contribution is 8.30. The van der Waals surface area contributed by atoms with Crippen molar-refractivity contribution in [2.45, 2.75) is 85.5 Å². The molecule has 0 spiro atoms. The van der Waals surface area contributed by atoms with Crippen LogP contribution in [0.4, 0.5) is 0 Å². The van der Waals surface area contributed by atoms with Gasteiger partial charge in [-0.1, -0.05) is 69.6 Å². The molecule has 20 heavy (non-hydrogen) atoms. The Hall–Kier alpha value is -0.180. The molecular formula is C17H36O2S. The minimum atomic E-state index is -1.16. The summed E-state index contributed by atoms with van der Waals surface area (Å²) in [7, 11) is -1.16. The summed E-state index contributed by atoms with van der Waals surface area (Å²) in [6, 6.07) is 0. The normalized spacial score (nSPS) is 12.4. The number of carbonyl (C=O) groups is 1. The van der Waals surface area contributed by atoms with Crippen molar-refractivity contribution in [2.75, 3.05) is 17.3 Å². The molecule has 0 amide bonds. The van der Waals surface area contributed by atoms with Crippen LogP contribution in [0, 0.1) is 0 Å². The predicted octanol–water partition coefficient (Wildman–Crippen LogP) is 5.84. The van der Waals surface area contributed by atoms with Crippen LogP contribution in [0.25, 0.3) is 0 Å². The number of hydrogen-bond donors (Lipinski definition) is 0. The molecule has 0 aromatic rings. The Balaban J connectivity index is 4.61. The van der Waals surface area contributed by atoms with Gasteiger partial charge in [-0.3, -0.25) is 4.79 Å². The van der Waals surface area contributed by atoms with E-state index >= 15 is 0 Å². The molecule has 0 heterocycles. The van der Waals surface area contributed by atoms with E-state index in [-0.39, 0.29) is 5.97 Å². The Labute approximate surface area is 128 Å². The van der Waals surface area contributed by atoms with Crippen LogP contribution in [0.2, 0.25) is 0 Å². The highest BCUT2D eigenvalue weighted by atomic mass is 32.3. The quantitative estimate of drug-likeness (QED) is 0.399. The third kappa shape index (κ3) is 9.68. The molecular weight excluding hydrogens is 268 g/mol. The monoisotopic (exact) mass is 304 g/mol. The molecule has 0 fully saturated rings. The van der Waals surface area contributed by atoms with Gasteiger partial charge in [0.1, 0.15) is 0 Å². The van der Waals surface area contributed by atoms with Crippen molar-refractivity contribution in [3.8, 4) is 0 Å². The minimum Gasteiger partial charge on any atom is -0.416 e. The first-order valence-electron chi connectivity index (χ1n) is 8.56. The molecule has 0 aromatic carbocycles. The van der Waals surface area contributed by atoms with Gasteiger partial charge in [-0.05, 0) is 19.3 Å². The second kappa shape index (κ2) is 12.6. The first-order chi connectivity index (χ1) is 9.60. The number of carbonyl (C=O) groups excluding carboxylic acids is 1. The van der Waals surface area contributed by atoms with Gasteiger partial charge in [0.15, 0.2) is 0 Å². The van der Waals surface area contributed by atoms with Gasteiger partial charge in [-0.25, -0.2) is 0 Å². The van der Waals surface area contributed by atoms with Crippen molar-refractivity contribution in [3.05, 3.63) is 0 Å². The van der Waals surface area contributed by atoms with E-state index in [9.17, 15) is 4.79 Å². The molecule has 0 aliphatic rings. The highest BCUT2D eigenvalue weighted by Gasteiger charge is 2.26. The fourth-order valence-corrected chi connectivity index (χ4v) is 6.08. The second-order valence-corrected chi connectivity index (χ2v) is 9.10. The van der Waals surface area contributed by atoms with Gasteiger partial charge in [-0.2, -0.15) is 0 Å².